The Labute approximate surface area is 61.7 Å². The van der Waals surface area contributed by atoms with Gasteiger partial charge in [0.2, 0.25) is 0 Å². The molecule has 0 radical (unpaired) electrons. The molecule has 3 heteroatoms. The highest BCUT2D eigenvalue weighted by atomic mass is 16.5. The SMILES string of the molecule is CN[C@H]1CCOC[C@H]1OC. The summed E-state index contributed by atoms with van der Waals surface area (Å²) < 4.78 is 10.4. The highest BCUT2D eigenvalue weighted by molar-refractivity contribution is 4.78. The first-order chi connectivity index (χ1) is 4.88. The maximum absolute atomic E-state index is 5.24. The van der Waals surface area contributed by atoms with Crippen LogP contribution in [0.1, 0.15) is 6.42 Å². The van der Waals surface area contributed by atoms with Crippen LogP contribution in [0.25, 0.3) is 0 Å². The number of likely N-dealkylation sites (N-methyl/N-ethyl adjacent to an activating group) is 1. The smallest absolute Gasteiger partial charge is 0.0957 e. The summed E-state index contributed by atoms with van der Waals surface area (Å²) in [6, 6.07) is 0.471. The summed E-state index contributed by atoms with van der Waals surface area (Å²) in [5, 5.41) is 3.20. The molecule has 1 heterocycles. The van der Waals surface area contributed by atoms with Crippen molar-refractivity contribution >= 4 is 0 Å². The van der Waals surface area contributed by atoms with Gasteiger partial charge in [0.05, 0.1) is 12.7 Å². The van der Waals surface area contributed by atoms with Gasteiger partial charge < -0.3 is 14.8 Å². The number of hydrogen-bond acceptors (Lipinski definition) is 3. The van der Waals surface area contributed by atoms with E-state index >= 15 is 0 Å². The van der Waals surface area contributed by atoms with Crippen molar-refractivity contribution in [2.24, 2.45) is 0 Å². The molecule has 2 atom stereocenters. The number of methoxy groups -OCH3 is 1. The molecule has 0 aliphatic carbocycles. The normalized spacial score (nSPS) is 34.2. The number of hydrogen-bond donors (Lipinski definition) is 1. The first-order valence-electron chi connectivity index (χ1n) is 3.66. The molecule has 10 heavy (non-hydrogen) atoms. The first-order valence-corrected chi connectivity index (χ1v) is 3.66. The lowest BCUT2D eigenvalue weighted by atomic mass is 10.1. The minimum atomic E-state index is 0.235. The van der Waals surface area contributed by atoms with Gasteiger partial charge in [-0.1, -0.05) is 0 Å². The zero-order valence-corrected chi connectivity index (χ0v) is 6.59. The van der Waals surface area contributed by atoms with Gasteiger partial charge in [0.1, 0.15) is 0 Å². The third-order valence-electron chi connectivity index (χ3n) is 1.98. The van der Waals surface area contributed by atoms with Gasteiger partial charge in [-0.3, -0.25) is 0 Å². The van der Waals surface area contributed by atoms with Crippen LogP contribution in [0.5, 0.6) is 0 Å². The third-order valence-corrected chi connectivity index (χ3v) is 1.98. The fourth-order valence-corrected chi connectivity index (χ4v) is 1.27. The lowest BCUT2D eigenvalue weighted by Crippen LogP contribution is -2.45. The van der Waals surface area contributed by atoms with E-state index in [1.54, 1.807) is 7.11 Å². The molecule has 1 saturated heterocycles. The van der Waals surface area contributed by atoms with Crippen molar-refractivity contribution in [2.45, 2.75) is 18.6 Å². The molecule has 0 unspecified atom stereocenters. The summed E-state index contributed by atoms with van der Waals surface area (Å²) in [6.07, 6.45) is 1.29. The van der Waals surface area contributed by atoms with Gasteiger partial charge in [0.15, 0.2) is 0 Å². The number of ether oxygens (including phenoxy) is 2. The molecular formula is C7H15NO2. The van der Waals surface area contributed by atoms with Crippen molar-refractivity contribution in [1.82, 2.24) is 5.32 Å². The molecule has 0 aromatic carbocycles. The Bertz CT molecular complexity index is 85.6. The van der Waals surface area contributed by atoms with Crippen LogP contribution >= 0.6 is 0 Å². The second kappa shape index (κ2) is 3.91. The zero-order valence-electron chi connectivity index (χ0n) is 6.59. The molecule has 0 saturated carbocycles. The highest BCUT2D eigenvalue weighted by Gasteiger charge is 2.23. The van der Waals surface area contributed by atoms with Gasteiger partial charge in [-0.15, -0.1) is 0 Å². The first kappa shape index (κ1) is 7.98. The molecule has 0 spiro atoms. The minimum Gasteiger partial charge on any atom is -0.379 e. The van der Waals surface area contributed by atoms with E-state index < -0.39 is 0 Å². The van der Waals surface area contributed by atoms with E-state index in [9.17, 15) is 0 Å². The maximum atomic E-state index is 5.24. The van der Waals surface area contributed by atoms with Crippen LogP contribution in [0.2, 0.25) is 0 Å². The molecule has 1 aliphatic heterocycles. The molecule has 0 bridgehead atoms. The number of nitrogens with one attached hydrogen (secondary N) is 1. The van der Waals surface area contributed by atoms with Crippen molar-refractivity contribution in [3.8, 4) is 0 Å². The quantitative estimate of drug-likeness (QED) is 0.593. The second-order valence-corrected chi connectivity index (χ2v) is 2.53. The van der Waals surface area contributed by atoms with Gasteiger partial charge in [0.25, 0.3) is 0 Å². The predicted octanol–water partition coefficient (Wildman–Crippen LogP) is 0.00970. The molecule has 1 rings (SSSR count). The summed E-state index contributed by atoms with van der Waals surface area (Å²) in [5.41, 5.74) is 0. The fraction of sp³-hybridized carbons (Fsp3) is 1.00. The Balaban J connectivity index is 2.34. The van der Waals surface area contributed by atoms with E-state index in [-0.39, 0.29) is 6.10 Å². The monoisotopic (exact) mass is 145 g/mol. The van der Waals surface area contributed by atoms with Crippen LogP contribution in [0, 0.1) is 0 Å². The van der Waals surface area contributed by atoms with Crippen molar-refractivity contribution < 1.29 is 9.47 Å². The van der Waals surface area contributed by atoms with Gasteiger partial charge in [-0.25, -0.2) is 0 Å². The molecule has 1 N–H and O–H groups in total. The van der Waals surface area contributed by atoms with E-state index in [0.717, 1.165) is 19.6 Å². The Morgan fingerprint density at radius 3 is 2.90 bits per heavy atom. The van der Waals surface area contributed by atoms with Crippen LogP contribution < -0.4 is 5.32 Å². The van der Waals surface area contributed by atoms with Gasteiger partial charge in [-0.05, 0) is 13.5 Å². The van der Waals surface area contributed by atoms with Crippen LogP contribution in [-0.4, -0.2) is 39.5 Å². The predicted molar refractivity (Wildman–Crippen MR) is 39.1 cm³/mol. The molecule has 1 aliphatic rings. The Kier molecular flexibility index (Phi) is 3.12. The van der Waals surface area contributed by atoms with E-state index in [0.29, 0.717) is 6.04 Å². The molecule has 0 amide bonds. The van der Waals surface area contributed by atoms with E-state index in [1.807, 2.05) is 7.05 Å². The Morgan fingerprint density at radius 1 is 1.60 bits per heavy atom. The van der Waals surface area contributed by atoms with Gasteiger partial charge in [0, 0.05) is 19.8 Å². The zero-order chi connectivity index (χ0) is 7.40. The molecular weight excluding hydrogens is 130 g/mol. The Hall–Kier alpha value is -0.120. The molecule has 0 aromatic rings. The standard InChI is InChI=1S/C7H15NO2/c1-8-6-3-4-10-5-7(6)9-2/h6-8H,3-5H2,1-2H3/t6-,7+/m0/s1. The van der Waals surface area contributed by atoms with E-state index in [1.165, 1.54) is 0 Å². The van der Waals surface area contributed by atoms with Crippen LogP contribution in [-0.2, 0) is 9.47 Å². The fourth-order valence-electron chi connectivity index (χ4n) is 1.27. The highest BCUT2D eigenvalue weighted by Crippen LogP contribution is 2.09. The van der Waals surface area contributed by atoms with E-state index in [4.69, 9.17) is 9.47 Å². The van der Waals surface area contributed by atoms with Crippen molar-refractivity contribution in [3.63, 3.8) is 0 Å². The van der Waals surface area contributed by atoms with E-state index in [2.05, 4.69) is 5.32 Å². The van der Waals surface area contributed by atoms with Crippen molar-refractivity contribution in [2.75, 3.05) is 27.4 Å². The number of rotatable bonds is 2. The lowest BCUT2D eigenvalue weighted by Gasteiger charge is -2.29. The second-order valence-electron chi connectivity index (χ2n) is 2.53. The van der Waals surface area contributed by atoms with Gasteiger partial charge >= 0.3 is 0 Å². The largest absolute Gasteiger partial charge is 0.379 e. The minimum absolute atomic E-state index is 0.235. The lowest BCUT2D eigenvalue weighted by molar-refractivity contribution is -0.0481. The average Bonchev–Trinajstić information content (AvgIpc) is 2.04. The molecule has 3 nitrogen and oxygen atoms in total. The van der Waals surface area contributed by atoms with Crippen LogP contribution in [0.4, 0.5) is 0 Å². The van der Waals surface area contributed by atoms with Crippen molar-refractivity contribution in [1.29, 1.82) is 0 Å². The maximum Gasteiger partial charge on any atom is 0.0957 e. The van der Waals surface area contributed by atoms with Crippen molar-refractivity contribution in [3.05, 3.63) is 0 Å². The summed E-state index contributed by atoms with van der Waals surface area (Å²) in [4.78, 5) is 0. The summed E-state index contributed by atoms with van der Waals surface area (Å²) in [5.74, 6) is 0. The summed E-state index contributed by atoms with van der Waals surface area (Å²) in [6.45, 7) is 1.58. The molecule has 0 aromatic heterocycles. The third kappa shape index (κ3) is 1.68. The molecule has 60 valence electrons. The van der Waals surface area contributed by atoms with Gasteiger partial charge in [-0.2, -0.15) is 0 Å². The van der Waals surface area contributed by atoms with Crippen LogP contribution in [0.3, 0.4) is 0 Å². The summed E-state index contributed by atoms with van der Waals surface area (Å²) in [7, 11) is 3.69. The Morgan fingerprint density at radius 2 is 2.40 bits per heavy atom. The topological polar surface area (TPSA) is 30.5 Å². The van der Waals surface area contributed by atoms with Crippen LogP contribution in [0.15, 0.2) is 0 Å². The average molecular weight is 145 g/mol. The summed E-state index contributed by atoms with van der Waals surface area (Å²) >= 11 is 0. The molecule has 1 fully saturated rings.